The summed E-state index contributed by atoms with van der Waals surface area (Å²) < 4.78 is 24.2. The monoisotopic (exact) mass is 271 g/mol. The van der Waals surface area contributed by atoms with Crippen LogP contribution in [-0.2, 0) is 13.2 Å². The fourth-order valence-electron chi connectivity index (χ4n) is 2.17. The van der Waals surface area contributed by atoms with Crippen molar-refractivity contribution in [3.05, 3.63) is 65.7 Å². The van der Waals surface area contributed by atoms with Crippen LogP contribution in [0.3, 0.4) is 0 Å². The third-order valence-electron chi connectivity index (χ3n) is 3.17. The van der Waals surface area contributed by atoms with Crippen LogP contribution < -0.4 is 10.5 Å². The van der Waals surface area contributed by atoms with Crippen molar-refractivity contribution in [1.29, 1.82) is 0 Å². The number of hydrogen-bond donors (Lipinski definition) is 1. The lowest BCUT2D eigenvalue weighted by molar-refractivity contribution is 0.272. The lowest BCUT2D eigenvalue weighted by atomic mass is 10.1. The Morgan fingerprint density at radius 3 is 2.55 bits per heavy atom. The summed E-state index contributed by atoms with van der Waals surface area (Å²) in [5, 5.41) is 1.01. The maximum atomic E-state index is 12.8. The minimum atomic E-state index is -0.288. The van der Waals surface area contributed by atoms with Crippen molar-refractivity contribution in [2.45, 2.75) is 13.2 Å². The number of furan rings is 1. The molecule has 4 heteroatoms. The normalized spacial score (nSPS) is 10.9. The molecule has 0 unspecified atom stereocenters. The first-order valence-corrected chi connectivity index (χ1v) is 6.35. The molecule has 0 atom stereocenters. The van der Waals surface area contributed by atoms with E-state index in [2.05, 4.69) is 0 Å². The van der Waals surface area contributed by atoms with Crippen LogP contribution in [0.1, 0.15) is 11.3 Å². The smallest absolute Gasteiger partial charge is 0.147 e. The maximum Gasteiger partial charge on any atom is 0.147 e. The van der Waals surface area contributed by atoms with Crippen LogP contribution in [0.4, 0.5) is 4.39 Å². The number of nitrogens with two attached hydrogens (primary N) is 1. The number of ether oxygens (including phenoxy) is 1. The lowest BCUT2D eigenvalue weighted by Crippen LogP contribution is -2.02. The van der Waals surface area contributed by atoms with Crippen molar-refractivity contribution in [1.82, 2.24) is 0 Å². The molecule has 2 N–H and O–H groups in total. The Hall–Kier alpha value is -2.33. The summed E-state index contributed by atoms with van der Waals surface area (Å²) in [6.45, 7) is 0.659. The van der Waals surface area contributed by atoms with Gasteiger partial charge in [-0.3, -0.25) is 0 Å². The van der Waals surface area contributed by atoms with E-state index in [9.17, 15) is 4.39 Å². The molecule has 0 aliphatic heterocycles. The second-order valence-corrected chi connectivity index (χ2v) is 4.45. The Morgan fingerprint density at radius 2 is 1.80 bits per heavy atom. The lowest BCUT2D eigenvalue weighted by Gasteiger charge is -2.05. The number of para-hydroxylation sites is 1. The van der Waals surface area contributed by atoms with Crippen LogP contribution in [-0.4, -0.2) is 0 Å². The molecular weight excluding hydrogens is 257 g/mol. The van der Waals surface area contributed by atoms with E-state index in [1.54, 1.807) is 12.1 Å². The first-order valence-electron chi connectivity index (χ1n) is 6.35. The average molecular weight is 271 g/mol. The summed E-state index contributed by atoms with van der Waals surface area (Å²) in [7, 11) is 0. The molecule has 2 aromatic carbocycles. The molecule has 1 aromatic heterocycles. The molecule has 0 bridgehead atoms. The van der Waals surface area contributed by atoms with Crippen LogP contribution in [0.15, 0.2) is 52.9 Å². The maximum absolute atomic E-state index is 12.8. The highest BCUT2D eigenvalue weighted by molar-refractivity contribution is 5.82. The molecule has 0 saturated carbocycles. The van der Waals surface area contributed by atoms with Crippen LogP contribution in [0.5, 0.6) is 5.75 Å². The van der Waals surface area contributed by atoms with E-state index in [0.29, 0.717) is 18.1 Å². The molecule has 0 amide bonds. The summed E-state index contributed by atoms with van der Waals surface area (Å²) in [5.41, 5.74) is 7.53. The van der Waals surface area contributed by atoms with Crippen molar-refractivity contribution in [2.75, 3.05) is 0 Å². The van der Waals surface area contributed by atoms with Gasteiger partial charge in [-0.05, 0) is 30.3 Å². The second-order valence-electron chi connectivity index (χ2n) is 4.45. The van der Waals surface area contributed by atoms with Crippen LogP contribution in [0, 0.1) is 5.82 Å². The average Bonchev–Trinajstić information content (AvgIpc) is 2.84. The molecule has 3 nitrogen and oxygen atoms in total. The van der Waals surface area contributed by atoms with Gasteiger partial charge in [0.1, 0.15) is 29.5 Å². The van der Waals surface area contributed by atoms with Gasteiger partial charge in [0.25, 0.3) is 0 Å². The second kappa shape index (κ2) is 5.35. The molecule has 0 spiro atoms. The zero-order chi connectivity index (χ0) is 13.9. The first-order chi connectivity index (χ1) is 9.78. The van der Waals surface area contributed by atoms with Gasteiger partial charge in [-0.15, -0.1) is 0 Å². The number of fused-ring (bicyclic) bond motifs is 1. The summed E-state index contributed by atoms with van der Waals surface area (Å²) in [4.78, 5) is 0. The molecule has 1 heterocycles. The zero-order valence-electron chi connectivity index (χ0n) is 10.8. The number of rotatable bonds is 4. The Kier molecular flexibility index (Phi) is 3.39. The fourth-order valence-corrected chi connectivity index (χ4v) is 2.17. The van der Waals surface area contributed by atoms with E-state index in [1.807, 2.05) is 24.3 Å². The van der Waals surface area contributed by atoms with Crippen molar-refractivity contribution < 1.29 is 13.5 Å². The van der Waals surface area contributed by atoms with Crippen molar-refractivity contribution >= 4 is 11.0 Å². The standard InChI is InChI=1S/C16H14FNO2/c17-11-5-7-12(8-6-11)19-10-16-14(9-18)13-3-1-2-4-15(13)20-16/h1-8H,9-10,18H2. The highest BCUT2D eigenvalue weighted by atomic mass is 19.1. The zero-order valence-corrected chi connectivity index (χ0v) is 10.8. The van der Waals surface area contributed by atoms with Crippen molar-refractivity contribution in [3.63, 3.8) is 0 Å². The quantitative estimate of drug-likeness (QED) is 0.788. The Bertz CT molecular complexity index is 719. The number of halogens is 1. The predicted molar refractivity (Wildman–Crippen MR) is 74.8 cm³/mol. The molecule has 20 heavy (non-hydrogen) atoms. The van der Waals surface area contributed by atoms with E-state index >= 15 is 0 Å². The molecule has 0 fully saturated rings. The molecule has 0 aliphatic rings. The van der Waals surface area contributed by atoms with E-state index < -0.39 is 0 Å². The Morgan fingerprint density at radius 1 is 1.05 bits per heavy atom. The van der Waals surface area contributed by atoms with Gasteiger partial charge in [0, 0.05) is 17.5 Å². The third kappa shape index (κ3) is 2.38. The van der Waals surface area contributed by atoms with Gasteiger partial charge in [0.15, 0.2) is 0 Å². The molecule has 0 radical (unpaired) electrons. The predicted octanol–water partition coefficient (Wildman–Crippen LogP) is 3.61. The SMILES string of the molecule is NCc1c(COc2ccc(F)cc2)oc2ccccc12. The molecule has 102 valence electrons. The minimum absolute atomic E-state index is 0.271. The van der Waals surface area contributed by atoms with Crippen molar-refractivity contribution in [2.24, 2.45) is 5.73 Å². The highest BCUT2D eigenvalue weighted by Gasteiger charge is 2.12. The topological polar surface area (TPSA) is 48.4 Å². The largest absolute Gasteiger partial charge is 0.486 e. The van der Waals surface area contributed by atoms with Gasteiger partial charge in [-0.2, -0.15) is 0 Å². The number of benzene rings is 2. The summed E-state index contributed by atoms with van der Waals surface area (Å²) in [5.74, 6) is 1.01. The van der Waals surface area contributed by atoms with Gasteiger partial charge >= 0.3 is 0 Å². The highest BCUT2D eigenvalue weighted by Crippen LogP contribution is 2.26. The summed E-state index contributed by atoms with van der Waals surface area (Å²) in [6, 6.07) is 13.6. The van der Waals surface area contributed by atoms with Gasteiger partial charge in [0.2, 0.25) is 0 Å². The van der Waals surface area contributed by atoms with Gasteiger partial charge < -0.3 is 14.9 Å². The molecule has 0 aliphatic carbocycles. The third-order valence-corrected chi connectivity index (χ3v) is 3.17. The van der Waals surface area contributed by atoms with Crippen LogP contribution >= 0.6 is 0 Å². The van der Waals surface area contributed by atoms with Gasteiger partial charge in [-0.25, -0.2) is 4.39 Å². The fraction of sp³-hybridized carbons (Fsp3) is 0.125. The van der Waals surface area contributed by atoms with Crippen molar-refractivity contribution in [3.8, 4) is 5.75 Å². The Balaban J connectivity index is 1.85. The minimum Gasteiger partial charge on any atom is -0.486 e. The van der Waals surface area contributed by atoms with E-state index in [0.717, 1.165) is 16.5 Å². The van der Waals surface area contributed by atoms with Crippen LogP contribution in [0.2, 0.25) is 0 Å². The van der Waals surface area contributed by atoms with Crippen LogP contribution in [0.25, 0.3) is 11.0 Å². The molecular formula is C16H14FNO2. The summed E-state index contributed by atoms with van der Waals surface area (Å²) in [6.07, 6.45) is 0. The summed E-state index contributed by atoms with van der Waals surface area (Å²) >= 11 is 0. The Labute approximate surface area is 115 Å². The van der Waals surface area contributed by atoms with E-state index in [4.69, 9.17) is 14.9 Å². The van der Waals surface area contributed by atoms with Gasteiger partial charge in [-0.1, -0.05) is 18.2 Å². The molecule has 3 aromatic rings. The van der Waals surface area contributed by atoms with E-state index in [1.165, 1.54) is 12.1 Å². The van der Waals surface area contributed by atoms with E-state index in [-0.39, 0.29) is 12.4 Å². The molecule has 0 saturated heterocycles. The first kappa shape index (κ1) is 12.7. The van der Waals surface area contributed by atoms with Gasteiger partial charge in [0.05, 0.1) is 0 Å². The number of hydrogen-bond acceptors (Lipinski definition) is 3. The molecule has 3 rings (SSSR count).